The monoisotopic (exact) mass is 561 g/mol. The van der Waals surface area contributed by atoms with Gasteiger partial charge in [-0.15, -0.1) is 0 Å². The molecule has 8 heteroatoms. The van der Waals surface area contributed by atoms with Gasteiger partial charge >= 0.3 is 0 Å². The average molecular weight is 562 g/mol. The number of aryl methyl sites for hydroxylation is 2. The van der Waals surface area contributed by atoms with Gasteiger partial charge in [-0.25, -0.2) is 8.42 Å². The van der Waals surface area contributed by atoms with Gasteiger partial charge in [0.15, 0.2) is 0 Å². The molecule has 7 nitrogen and oxygen atoms in total. The first-order valence-corrected chi connectivity index (χ1v) is 15.7. The fourth-order valence-electron chi connectivity index (χ4n) is 5.28. The fraction of sp³-hybridized carbons (Fsp3) is 0.375. The molecule has 0 saturated heterocycles. The summed E-state index contributed by atoms with van der Waals surface area (Å²) < 4.78 is 27.2. The van der Waals surface area contributed by atoms with Gasteiger partial charge in [-0.3, -0.25) is 13.9 Å². The number of hydrogen-bond acceptors (Lipinski definition) is 4. The number of rotatable bonds is 11. The Hall–Kier alpha value is -3.65. The highest BCUT2D eigenvalue weighted by atomic mass is 32.2. The molecular weight excluding hydrogens is 522 g/mol. The van der Waals surface area contributed by atoms with Crippen molar-refractivity contribution in [1.29, 1.82) is 0 Å². The molecule has 212 valence electrons. The van der Waals surface area contributed by atoms with Crippen LogP contribution in [-0.2, 0) is 32.6 Å². The number of anilines is 1. The first-order chi connectivity index (χ1) is 19.1. The molecule has 0 radical (unpaired) electrons. The van der Waals surface area contributed by atoms with Crippen molar-refractivity contribution in [2.75, 3.05) is 17.1 Å². The summed E-state index contributed by atoms with van der Waals surface area (Å²) in [6.45, 7) is 3.49. The Kier molecular flexibility index (Phi) is 9.63. The Morgan fingerprint density at radius 2 is 1.50 bits per heavy atom. The summed E-state index contributed by atoms with van der Waals surface area (Å²) in [7, 11) is -3.80. The third-order valence-electron chi connectivity index (χ3n) is 7.48. The van der Waals surface area contributed by atoms with Crippen molar-refractivity contribution in [2.24, 2.45) is 0 Å². The lowest BCUT2D eigenvalue weighted by Gasteiger charge is -2.34. The van der Waals surface area contributed by atoms with Gasteiger partial charge in [0.25, 0.3) is 0 Å². The number of nitrogens with zero attached hydrogens (tertiary/aromatic N) is 2. The van der Waals surface area contributed by atoms with Crippen LogP contribution in [0.1, 0.15) is 47.9 Å². The number of amides is 2. The maximum atomic E-state index is 14.2. The smallest absolute Gasteiger partial charge is 0.244 e. The lowest BCUT2D eigenvalue weighted by atomic mass is 10.0. The van der Waals surface area contributed by atoms with Gasteiger partial charge in [0, 0.05) is 19.0 Å². The van der Waals surface area contributed by atoms with E-state index in [1.54, 1.807) is 11.0 Å². The largest absolute Gasteiger partial charge is 0.352 e. The van der Waals surface area contributed by atoms with E-state index in [4.69, 9.17) is 0 Å². The van der Waals surface area contributed by atoms with Crippen LogP contribution in [0.25, 0.3) is 0 Å². The summed E-state index contributed by atoms with van der Waals surface area (Å²) in [5.41, 5.74) is 3.89. The SMILES string of the molecule is Cc1ccc(C)c(N(CC(=O)N(Cc2ccccc2)C(Cc2ccccc2)C(=O)NC2CCCC2)S(C)(=O)=O)c1. The molecule has 0 spiro atoms. The molecule has 1 aliphatic rings. The third-order valence-corrected chi connectivity index (χ3v) is 8.61. The van der Waals surface area contributed by atoms with Crippen molar-refractivity contribution in [3.63, 3.8) is 0 Å². The van der Waals surface area contributed by atoms with E-state index in [1.165, 1.54) is 0 Å². The topological polar surface area (TPSA) is 86.8 Å². The van der Waals surface area contributed by atoms with E-state index in [0.717, 1.165) is 58.5 Å². The molecule has 0 heterocycles. The third kappa shape index (κ3) is 7.72. The molecule has 3 aromatic rings. The Labute approximate surface area is 238 Å². The Morgan fingerprint density at radius 1 is 0.900 bits per heavy atom. The maximum absolute atomic E-state index is 14.2. The first-order valence-electron chi connectivity index (χ1n) is 13.8. The molecule has 0 aromatic heterocycles. The van der Waals surface area contributed by atoms with Crippen molar-refractivity contribution >= 4 is 27.5 Å². The van der Waals surface area contributed by atoms with Crippen LogP contribution < -0.4 is 9.62 Å². The quantitative estimate of drug-likeness (QED) is 0.366. The fourth-order valence-corrected chi connectivity index (χ4v) is 6.18. The van der Waals surface area contributed by atoms with Crippen LogP contribution in [-0.4, -0.2) is 50.0 Å². The molecule has 3 aromatic carbocycles. The van der Waals surface area contributed by atoms with Gasteiger partial charge in [-0.1, -0.05) is 85.6 Å². The number of nitrogens with one attached hydrogen (secondary N) is 1. The van der Waals surface area contributed by atoms with Crippen molar-refractivity contribution in [1.82, 2.24) is 10.2 Å². The molecule has 1 unspecified atom stereocenters. The van der Waals surface area contributed by atoms with Crippen LogP contribution in [0.4, 0.5) is 5.69 Å². The molecule has 0 aliphatic heterocycles. The van der Waals surface area contributed by atoms with E-state index in [-0.39, 0.29) is 18.5 Å². The van der Waals surface area contributed by atoms with E-state index in [9.17, 15) is 18.0 Å². The molecule has 40 heavy (non-hydrogen) atoms. The predicted octanol–water partition coefficient (Wildman–Crippen LogP) is 4.77. The van der Waals surface area contributed by atoms with E-state index >= 15 is 0 Å². The van der Waals surface area contributed by atoms with E-state index in [1.807, 2.05) is 86.6 Å². The second-order valence-electron chi connectivity index (χ2n) is 10.8. The number of hydrogen-bond donors (Lipinski definition) is 1. The number of carbonyl (C=O) groups excluding carboxylic acids is 2. The van der Waals surface area contributed by atoms with Crippen molar-refractivity contribution < 1.29 is 18.0 Å². The Bertz CT molecular complexity index is 1400. The molecule has 1 aliphatic carbocycles. The van der Waals surface area contributed by atoms with Crippen molar-refractivity contribution in [2.45, 2.75) is 64.6 Å². The summed E-state index contributed by atoms with van der Waals surface area (Å²) in [4.78, 5) is 29.6. The second-order valence-corrected chi connectivity index (χ2v) is 12.7. The van der Waals surface area contributed by atoms with Crippen LogP contribution >= 0.6 is 0 Å². The standard InChI is InChI=1S/C32H39N3O4S/c1-24-18-19-25(2)29(20-24)35(40(3,38)39)23-31(36)34(22-27-14-8-5-9-15-27)30(21-26-12-6-4-7-13-26)32(37)33-28-16-10-11-17-28/h4-9,12-15,18-20,28,30H,10-11,16-17,21-23H2,1-3H3,(H,33,37). The highest BCUT2D eigenvalue weighted by Gasteiger charge is 2.34. The zero-order valence-corrected chi connectivity index (χ0v) is 24.4. The molecule has 4 rings (SSSR count). The maximum Gasteiger partial charge on any atom is 0.244 e. The van der Waals surface area contributed by atoms with Gasteiger partial charge < -0.3 is 10.2 Å². The molecule has 2 amide bonds. The van der Waals surface area contributed by atoms with Crippen LogP contribution in [0.3, 0.4) is 0 Å². The van der Waals surface area contributed by atoms with Crippen LogP contribution in [0.2, 0.25) is 0 Å². The van der Waals surface area contributed by atoms with E-state index in [2.05, 4.69) is 5.32 Å². The summed E-state index contributed by atoms with van der Waals surface area (Å²) in [6, 6.07) is 23.9. The van der Waals surface area contributed by atoms with E-state index < -0.39 is 28.5 Å². The summed E-state index contributed by atoms with van der Waals surface area (Å²) in [5, 5.41) is 3.19. The zero-order valence-electron chi connectivity index (χ0n) is 23.5. The molecule has 1 atom stereocenters. The van der Waals surface area contributed by atoms with Gasteiger partial charge in [-0.2, -0.15) is 0 Å². The van der Waals surface area contributed by atoms with Crippen molar-refractivity contribution in [3.8, 4) is 0 Å². The van der Waals surface area contributed by atoms with Crippen LogP contribution in [0, 0.1) is 13.8 Å². The summed E-state index contributed by atoms with van der Waals surface area (Å²) in [5.74, 6) is -0.643. The number of benzene rings is 3. The normalized spacial score (nSPS) is 14.5. The second kappa shape index (κ2) is 13.1. The molecule has 1 N–H and O–H groups in total. The van der Waals surface area contributed by atoms with Crippen molar-refractivity contribution in [3.05, 3.63) is 101 Å². The Morgan fingerprint density at radius 3 is 2.10 bits per heavy atom. The first kappa shape index (κ1) is 29.3. The van der Waals surface area contributed by atoms with Crippen LogP contribution in [0.15, 0.2) is 78.9 Å². The predicted molar refractivity (Wildman–Crippen MR) is 159 cm³/mol. The Balaban J connectivity index is 1.73. The van der Waals surface area contributed by atoms with Gasteiger partial charge in [-0.05, 0) is 55.0 Å². The lowest BCUT2D eigenvalue weighted by Crippen LogP contribution is -2.54. The highest BCUT2D eigenvalue weighted by Crippen LogP contribution is 2.25. The zero-order chi connectivity index (χ0) is 28.7. The van der Waals surface area contributed by atoms with Gasteiger partial charge in [0.2, 0.25) is 21.8 Å². The minimum atomic E-state index is -3.80. The molecule has 1 saturated carbocycles. The number of sulfonamides is 1. The minimum absolute atomic E-state index is 0.0851. The van der Waals surface area contributed by atoms with Gasteiger partial charge in [0.05, 0.1) is 11.9 Å². The number of carbonyl (C=O) groups is 2. The molecular formula is C32H39N3O4S. The summed E-state index contributed by atoms with van der Waals surface area (Å²) >= 11 is 0. The molecule has 1 fully saturated rings. The van der Waals surface area contributed by atoms with Gasteiger partial charge in [0.1, 0.15) is 12.6 Å². The molecule has 0 bridgehead atoms. The van der Waals surface area contributed by atoms with Crippen LogP contribution in [0.5, 0.6) is 0 Å². The average Bonchev–Trinajstić information content (AvgIpc) is 3.44. The van der Waals surface area contributed by atoms with E-state index in [0.29, 0.717) is 12.1 Å². The summed E-state index contributed by atoms with van der Waals surface area (Å²) in [6.07, 6.45) is 5.41. The minimum Gasteiger partial charge on any atom is -0.352 e. The highest BCUT2D eigenvalue weighted by molar-refractivity contribution is 7.92. The lowest BCUT2D eigenvalue weighted by molar-refractivity contribution is -0.140.